The van der Waals surface area contributed by atoms with Crippen molar-refractivity contribution < 1.29 is 4.79 Å². The predicted molar refractivity (Wildman–Crippen MR) is 32.8 cm³/mol. The Morgan fingerprint density at radius 2 is 2.11 bits per heavy atom. The molecule has 0 heterocycles. The van der Waals surface area contributed by atoms with Crippen LogP contribution in [0, 0.1) is 23.7 Å². The zero-order chi connectivity index (χ0) is 6.01. The minimum atomic E-state index is 0.527. The molecule has 3 saturated carbocycles. The second-order valence-electron chi connectivity index (χ2n) is 3.84. The molecule has 3 aliphatic rings. The molecule has 48 valence electrons. The summed E-state index contributed by atoms with van der Waals surface area (Å²) < 4.78 is 0. The van der Waals surface area contributed by atoms with Crippen LogP contribution >= 0.6 is 0 Å². The van der Waals surface area contributed by atoms with E-state index in [1.165, 1.54) is 19.3 Å². The zero-order valence-electron chi connectivity index (χ0n) is 5.34. The highest BCUT2D eigenvalue weighted by Gasteiger charge is 2.59. The molecular weight excluding hydrogens is 112 g/mol. The Morgan fingerprint density at radius 3 is 2.44 bits per heavy atom. The molecule has 0 aromatic heterocycles. The zero-order valence-corrected chi connectivity index (χ0v) is 5.34. The van der Waals surface area contributed by atoms with Gasteiger partial charge in [0.25, 0.3) is 0 Å². The molecule has 0 saturated heterocycles. The van der Waals surface area contributed by atoms with Crippen LogP contribution in [-0.4, -0.2) is 5.78 Å². The summed E-state index contributed by atoms with van der Waals surface area (Å²) in [5, 5.41) is 0. The second-order valence-corrected chi connectivity index (χ2v) is 3.84. The van der Waals surface area contributed by atoms with Crippen LogP contribution in [0.5, 0.6) is 0 Å². The summed E-state index contributed by atoms with van der Waals surface area (Å²) in [5.41, 5.74) is 0. The SMILES string of the molecule is O=C1[C@@H]2C[C@H]3C[C@H]1[C@@H]3C2. The third-order valence-corrected chi connectivity index (χ3v) is 3.59. The van der Waals surface area contributed by atoms with Gasteiger partial charge in [-0.2, -0.15) is 0 Å². The third-order valence-electron chi connectivity index (χ3n) is 3.59. The van der Waals surface area contributed by atoms with Crippen molar-refractivity contribution in [2.24, 2.45) is 23.7 Å². The molecule has 0 spiro atoms. The largest absolute Gasteiger partial charge is 0.299 e. The highest BCUT2D eigenvalue weighted by molar-refractivity contribution is 5.88. The molecule has 0 radical (unpaired) electrons. The highest BCUT2D eigenvalue weighted by Crippen LogP contribution is 2.61. The summed E-state index contributed by atoms with van der Waals surface area (Å²) in [6.45, 7) is 0. The molecule has 0 amide bonds. The summed E-state index contributed by atoms with van der Waals surface area (Å²) >= 11 is 0. The van der Waals surface area contributed by atoms with Crippen LogP contribution in [0.25, 0.3) is 0 Å². The first-order valence-corrected chi connectivity index (χ1v) is 3.90. The van der Waals surface area contributed by atoms with Crippen LogP contribution in [-0.2, 0) is 4.79 Å². The Hall–Kier alpha value is -0.330. The molecule has 9 heavy (non-hydrogen) atoms. The minimum Gasteiger partial charge on any atom is -0.299 e. The van der Waals surface area contributed by atoms with Crippen LogP contribution < -0.4 is 0 Å². The fraction of sp³-hybridized carbons (Fsp3) is 0.875. The average molecular weight is 122 g/mol. The van der Waals surface area contributed by atoms with Gasteiger partial charge in [0, 0.05) is 11.8 Å². The number of carbonyl (C=O) groups excluding carboxylic acids is 1. The molecular formula is C8H10O. The van der Waals surface area contributed by atoms with E-state index in [1.54, 1.807) is 0 Å². The maximum Gasteiger partial charge on any atom is 0.139 e. The van der Waals surface area contributed by atoms with Gasteiger partial charge < -0.3 is 0 Å². The van der Waals surface area contributed by atoms with Crippen LogP contribution in [0.4, 0.5) is 0 Å². The quantitative estimate of drug-likeness (QED) is 0.472. The summed E-state index contributed by atoms with van der Waals surface area (Å²) in [5.74, 6) is 3.54. The average Bonchev–Trinajstić information content (AvgIpc) is 2.20. The molecule has 0 N–H and O–H groups in total. The summed E-state index contributed by atoms with van der Waals surface area (Å²) in [7, 11) is 0. The number of hydrogen-bond donors (Lipinski definition) is 0. The van der Waals surface area contributed by atoms with Gasteiger partial charge in [0.15, 0.2) is 0 Å². The maximum absolute atomic E-state index is 11.2. The lowest BCUT2D eigenvalue weighted by Crippen LogP contribution is -2.39. The monoisotopic (exact) mass is 122 g/mol. The van der Waals surface area contributed by atoms with Gasteiger partial charge in [-0.25, -0.2) is 0 Å². The van der Waals surface area contributed by atoms with Crippen molar-refractivity contribution in [1.82, 2.24) is 0 Å². The summed E-state index contributed by atoms with van der Waals surface area (Å²) in [4.78, 5) is 11.2. The van der Waals surface area contributed by atoms with E-state index in [4.69, 9.17) is 0 Å². The summed E-state index contributed by atoms with van der Waals surface area (Å²) in [6, 6.07) is 0. The lowest BCUT2D eigenvalue weighted by Gasteiger charge is -2.40. The Morgan fingerprint density at radius 1 is 1.22 bits per heavy atom. The molecule has 3 aliphatic carbocycles. The Bertz CT molecular complexity index is 179. The molecule has 3 rings (SSSR count). The fourth-order valence-electron chi connectivity index (χ4n) is 3.09. The minimum absolute atomic E-state index is 0.527. The number of rotatable bonds is 0. The van der Waals surface area contributed by atoms with Crippen molar-refractivity contribution in [2.45, 2.75) is 19.3 Å². The lowest BCUT2D eigenvalue weighted by molar-refractivity contribution is -0.132. The van der Waals surface area contributed by atoms with Gasteiger partial charge in [-0.15, -0.1) is 0 Å². The highest BCUT2D eigenvalue weighted by atomic mass is 16.1. The molecule has 1 nitrogen and oxygen atoms in total. The van der Waals surface area contributed by atoms with E-state index < -0.39 is 0 Å². The molecule has 0 aromatic rings. The number of Topliss-reactive ketones (excluding diaryl/α,β-unsaturated/α-hetero) is 1. The van der Waals surface area contributed by atoms with E-state index >= 15 is 0 Å². The van der Waals surface area contributed by atoms with Gasteiger partial charge in [-0.1, -0.05) is 0 Å². The molecule has 1 heteroatoms. The van der Waals surface area contributed by atoms with E-state index in [0.29, 0.717) is 17.6 Å². The first kappa shape index (κ1) is 4.48. The van der Waals surface area contributed by atoms with Gasteiger partial charge in [0.2, 0.25) is 0 Å². The van der Waals surface area contributed by atoms with Crippen molar-refractivity contribution in [2.75, 3.05) is 0 Å². The summed E-state index contributed by atoms with van der Waals surface area (Å²) in [6.07, 6.45) is 3.76. The molecule has 0 aromatic carbocycles. The normalized spacial score (nSPS) is 60.2. The van der Waals surface area contributed by atoms with Gasteiger partial charge in [0.05, 0.1) is 0 Å². The number of fused-ring (bicyclic) bond motifs is 1. The fourth-order valence-corrected chi connectivity index (χ4v) is 3.09. The van der Waals surface area contributed by atoms with Crippen molar-refractivity contribution in [3.05, 3.63) is 0 Å². The number of hydrogen-bond acceptors (Lipinski definition) is 1. The molecule has 0 unspecified atom stereocenters. The van der Waals surface area contributed by atoms with E-state index in [0.717, 1.165) is 11.8 Å². The topological polar surface area (TPSA) is 17.1 Å². The molecule has 2 bridgehead atoms. The van der Waals surface area contributed by atoms with Crippen LogP contribution in [0.3, 0.4) is 0 Å². The number of ketones is 1. The standard InChI is InChI=1S/C8H10O/c9-8-5-1-4-2-7(8)6(4)3-5/h4-7H,1-3H2/t4-,5+,6+,7-/m0/s1. The first-order valence-electron chi connectivity index (χ1n) is 3.90. The van der Waals surface area contributed by atoms with Crippen molar-refractivity contribution in [3.8, 4) is 0 Å². The van der Waals surface area contributed by atoms with Crippen LogP contribution in [0.15, 0.2) is 0 Å². The first-order chi connectivity index (χ1) is 4.36. The third kappa shape index (κ3) is 0.322. The van der Waals surface area contributed by atoms with Gasteiger partial charge in [-0.3, -0.25) is 4.79 Å². The smallest absolute Gasteiger partial charge is 0.139 e. The van der Waals surface area contributed by atoms with Gasteiger partial charge in [-0.05, 0) is 31.1 Å². The maximum atomic E-state index is 11.2. The molecule has 4 atom stereocenters. The Labute approximate surface area is 54.4 Å². The predicted octanol–water partition coefficient (Wildman–Crippen LogP) is 1.23. The van der Waals surface area contributed by atoms with Crippen molar-refractivity contribution in [1.29, 1.82) is 0 Å². The van der Waals surface area contributed by atoms with E-state index in [2.05, 4.69) is 0 Å². The Kier molecular flexibility index (Phi) is 0.544. The van der Waals surface area contributed by atoms with E-state index in [-0.39, 0.29) is 0 Å². The number of carbonyl (C=O) groups is 1. The van der Waals surface area contributed by atoms with Gasteiger partial charge >= 0.3 is 0 Å². The van der Waals surface area contributed by atoms with E-state index in [1.807, 2.05) is 0 Å². The second kappa shape index (κ2) is 1.09. The molecule has 3 fully saturated rings. The van der Waals surface area contributed by atoms with Crippen LogP contribution in [0.2, 0.25) is 0 Å². The van der Waals surface area contributed by atoms with Crippen molar-refractivity contribution >= 4 is 5.78 Å². The van der Waals surface area contributed by atoms with Crippen LogP contribution in [0.1, 0.15) is 19.3 Å². The Balaban J connectivity index is 2.09. The van der Waals surface area contributed by atoms with Gasteiger partial charge in [0.1, 0.15) is 5.78 Å². The molecule has 0 aliphatic heterocycles. The van der Waals surface area contributed by atoms with E-state index in [9.17, 15) is 4.79 Å². The lowest BCUT2D eigenvalue weighted by atomic mass is 9.63. The van der Waals surface area contributed by atoms with Crippen molar-refractivity contribution in [3.63, 3.8) is 0 Å².